The van der Waals surface area contributed by atoms with Gasteiger partial charge in [0.1, 0.15) is 11.5 Å². The van der Waals surface area contributed by atoms with Crippen LogP contribution in [-0.4, -0.2) is 29.9 Å². The lowest BCUT2D eigenvalue weighted by Crippen LogP contribution is -2.10. The molecule has 0 bridgehead atoms. The van der Waals surface area contributed by atoms with Crippen molar-refractivity contribution in [1.82, 2.24) is 9.78 Å². The van der Waals surface area contributed by atoms with Gasteiger partial charge in [0.05, 0.1) is 31.3 Å². The summed E-state index contributed by atoms with van der Waals surface area (Å²) in [6, 6.07) is 11.1. The molecule has 0 aliphatic heterocycles. The van der Waals surface area contributed by atoms with Crippen molar-refractivity contribution in [3.05, 3.63) is 57.5 Å². The van der Waals surface area contributed by atoms with E-state index in [-0.39, 0.29) is 5.91 Å². The zero-order chi connectivity index (χ0) is 18.7. The van der Waals surface area contributed by atoms with E-state index in [1.165, 1.54) is 11.3 Å². The van der Waals surface area contributed by atoms with Crippen LogP contribution in [0.2, 0.25) is 0 Å². The highest BCUT2D eigenvalue weighted by atomic mass is 32.1. The van der Waals surface area contributed by atoms with Crippen molar-refractivity contribution < 1.29 is 14.3 Å². The highest BCUT2D eigenvalue weighted by Gasteiger charge is 2.12. The predicted octanol–water partition coefficient (Wildman–Crippen LogP) is 3.88. The molecule has 0 spiro atoms. The van der Waals surface area contributed by atoms with Crippen LogP contribution >= 0.6 is 11.3 Å². The molecule has 0 fully saturated rings. The van der Waals surface area contributed by atoms with Gasteiger partial charge < -0.3 is 14.8 Å². The molecule has 0 unspecified atom stereocenters. The van der Waals surface area contributed by atoms with Crippen LogP contribution in [0, 0.1) is 13.8 Å². The Morgan fingerprint density at radius 3 is 2.38 bits per heavy atom. The zero-order valence-electron chi connectivity index (χ0n) is 15.2. The molecule has 3 aromatic rings. The molecule has 0 saturated heterocycles. The van der Waals surface area contributed by atoms with E-state index >= 15 is 0 Å². The van der Waals surface area contributed by atoms with E-state index in [1.807, 2.05) is 36.7 Å². The fourth-order valence-electron chi connectivity index (χ4n) is 2.64. The molecule has 0 atom stereocenters. The van der Waals surface area contributed by atoms with Crippen molar-refractivity contribution >= 4 is 22.9 Å². The van der Waals surface area contributed by atoms with Gasteiger partial charge in [-0.3, -0.25) is 9.48 Å². The first-order valence-corrected chi connectivity index (χ1v) is 8.94. The van der Waals surface area contributed by atoms with Crippen LogP contribution in [0.15, 0.2) is 36.4 Å². The Hall–Kier alpha value is -2.80. The number of anilines is 1. The lowest BCUT2D eigenvalue weighted by Gasteiger charge is -2.09. The number of ether oxygens (including phenoxy) is 2. The van der Waals surface area contributed by atoms with Crippen molar-refractivity contribution in [2.24, 2.45) is 0 Å². The van der Waals surface area contributed by atoms with E-state index in [2.05, 4.69) is 10.4 Å². The van der Waals surface area contributed by atoms with Gasteiger partial charge in [0.15, 0.2) is 0 Å². The average Bonchev–Trinajstić information content (AvgIpc) is 3.21. The van der Waals surface area contributed by atoms with E-state index in [1.54, 1.807) is 32.4 Å². The molecule has 2 aromatic heterocycles. The summed E-state index contributed by atoms with van der Waals surface area (Å²) >= 11 is 1.46. The zero-order valence-corrected chi connectivity index (χ0v) is 16.0. The van der Waals surface area contributed by atoms with E-state index in [9.17, 15) is 4.79 Å². The first kappa shape index (κ1) is 18.0. The molecule has 7 heteroatoms. The monoisotopic (exact) mass is 371 g/mol. The van der Waals surface area contributed by atoms with Crippen molar-refractivity contribution in [3.63, 3.8) is 0 Å². The van der Waals surface area contributed by atoms with Gasteiger partial charge >= 0.3 is 0 Å². The maximum atomic E-state index is 12.5. The average molecular weight is 371 g/mol. The topological polar surface area (TPSA) is 65.4 Å². The number of benzene rings is 1. The quantitative estimate of drug-likeness (QED) is 0.714. The number of aromatic nitrogens is 2. The van der Waals surface area contributed by atoms with Crippen LogP contribution in [-0.2, 0) is 6.54 Å². The highest BCUT2D eigenvalue weighted by Crippen LogP contribution is 2.27. The molecule has 6 nitrogen and oxygen atoms in total. The number of methoxy groups -OCH3 is 2. The van der Waals surface area contributed by atoms with E-state index in [4.69, 9.17) is 9.47 Å². The third-order valence-electron chi connectivity index (χ3n) is 3.90. The molecule has 1 N–H and O–H groups in total. The fraction of sp³-hybridized carbons (Fsp3) is 0.263. The Morgan fingerprint density at radius 2 is 1.81 bits per heavy atom. The number of amides is 1. The number of carbonyl (C=O) groups is 1. The molecule has 0 aliphatic rings. The van der Waals surface area contributed by atoms with Gasteiger partial charge in [-0.1, -0.05) is 0 Å². The molecule has 3 rings (SSSR count). The van der Waals surface area contributed by atoms with Crippen molar-refractivity contribution in [2.45, 2.75) is 20.4 Å². The molecule has 1 aromatic carbocycles. The molecule has 0 aliphatic carbocycles. The number of rotatable bonds is 6. The summed E-state index contributed by atoms with van der Waals surface area (Å²) in [4.78, 5) is 14.3. The number of hydrogen-bond donors (Lipinski definition) is 1. The van der Waals surface area contributed by atoms with Crippen LogP contribution in [0.1, 0.15) is 25.9 Å². The minimum Gasteiger partial charge on any atom is -0.497 e. The van der Waals surface area contributed by atoms with Gasteiger partial charge in [-0.2, -0.15) is 5.10 Å². The number of thiophene rings is 1. The minimum atomic E-state index is -0.162. The summed E-state index contributed by atoms with van der Waals surface area (Å²) < 4.78 is 12.4. The second kappa shape index (κ2) is 7.61. The molecule has 26 heavy (non-hydrogen) atoms. The molecule has 1 amide bonds. The lowest BCUT2D eigenvalue weighted by atomic mass is 10.2. The minimum absolute atomic E-state index is 0.162. The summed E-state index contributed by atoms with van der Waals surface area (Å²) in [6.07, 6.45) is 0. The van der Waals surface area contributed by atoms with Gasteiger partial charge in [0.25, 0.3) is 5.91 Å². The smallest absolute Gasteiger partial charge is 0.265 e. The molecule has 136 valence electrons. The largest absolute Gasteiger partial charge is 0.497 e. The summed E-state index contributed by atoms with van der Waals surface area (Å²) in [6.45, 7) is 4.65. The van der Waals surface area contributed by atoms with E-state index in [0.29, 0.717) is 28.6 Å². The summed E-state index contributed by atoms with van der Waals surface area (Å²) in [7, 11) is 3.15. The lowest BCUT2D eigenvalue weighted by molar-refractivity contribution is 0.103. The van der Waals surface area contributed by atoms with Crippen LogP contribution in [0.5, 0.6) is 11.5 Å². The molecule has 0 saturated carbocycles. The van der Waals surface area contributed by atoms with Crippen LogP contribution < -0.4 is 14.8 Å². The van der Waals surface area contributed by atoms with Gasteiger partial charge in [0.2, 0.25) is 0 Å². The Balaban J connectivity index is 1.73. The number of aryl methyl sites for hydroxylation is 2. The van der Waals surface area contributed by atoms with Crippen molar-refractivity contribution in [2.75, 3.05) is 19.5 Å². The van der Waals surface area contributed by atoms with Crippen LogP contribution in [0.25, 0.3) is 0 Å². The van der Waals surface area contributed by atoms with Gasteiger partial charge in [-0.25, -0.2) is 0 Å². The Bertz CT molecular complexity index is 908. The van der Waals surface area contributed by atoms with Gasteiger partial charge in [-0.15, -0.1) is 11.3 Å². The predicted molar refractivity (Wildman–Crippen MR) is 103 cm³/mol. The summed E-state index contributed by atoms with van der Waals surface area (Å²) in [5, 5.41) is 7.35. The SMILES string of the molecule is COc1cc(NC(=O)c2ccc(Cn3nc(C)cc3C)s2)cc(OC)c1. The fourth-order valence-corrected chi connectivity index (χ4v) is 3.53. The second-order valence-corrected chi connectivity index (χ2v) is 7.07. The number of carbonyl (C=O) groups excluding carboxylic acids is 1. The summed E-state index contributed by atoms with van der Waals surface area (Å²) in [5.74, 6) is 1.08. The second-order valence-electron chi connectivity index (χ2n) is 5.91. The number of nitrogens with one attached hydrogen (secondary N) is 1. The Labute approximate surface area is 156 Å². The van der Waals surface area contributed by atoms with Crippen LogP contribution in [0.4, 0.5) is 5.69 Å². The molecular formula is C19H21N3O3S. The third-order valence-corrected chi connectivity index (χ3v) is 4.97. The normalized spacial score (nSPS) is 10.6. The first-order valence-electron chi connectivity index (χ1n) is 8.12. The molecule has 2 heterocycles. The van der Waals surface area contributed by atoms with Crippen molar-refractivity contribution in [1.29, 1.82) is 0 Å². The van der Waals surface area contributed by atoms with Gasteiger partial charge in [-0.05, 0) is 32.0 Å². The highest BCUT2D eigenvalue weighted by molar-refractivity contribution is 7.14. The Morgan fingerprint density at radius 1 is 1.12 bits per heavy atom. The van der Waals surface area contributed by atoms with E-state index in [0.717, 1.165) is 16.3 Å². The standard InChI is InChI=1S/C19H21N3O3S/c1-12-7-13(2)22(21-12)11-17-5-6-18(26-17)19(23)20-14-8-15(24-3)10-16(9-14)25-4/h5-10H,11H2,1-4H3,(H,20,23). The molecule has 0 radical (unpaired) electrons. The van der Waals surface area contributed by atoms with Gasteiger partial charge in [0, 0.05) is 34.5 Å². The third kappa shape index (κ3) is 4.05. The maximum absolute atomic E-state index is 12.5. The van der Waals surface area contributed by atoms with Crippen molar-refractivity contribution in [3.8, 4) is 11.5 Å². The van der Waals surface area contributed by atoms with Crippen LogP contribution in [0.3, 0.4) is 0 Å². The summed E-state index contributed by atoms with van der Waals surface area (Å²) in [5.41, 5.74) is 2.72. The number of nitrogens with zero attached hydrogens (tertiary/aromatic N) is 2. The molecular weight excluding hydrogens is 350 g/mol. The maximum Gasteiger partial charge on any atom is 0.265 e. The Kier molecular flexibility index (Phi) is 5.27. The van der Waals surface area contributed by atoms with E-state index < -0.39 is 0 Å². The first-order chi connectivity index (χ1) is 12.5. The number of hydrogen-bond acceptors (Lipinski definition) is 5.